The van der Waals surface area contributed by atoms with Gasteiger partial charge in [0, 0.05) is 0 Å². The number of hydrogen-bond acceptors (Lipinski definition) is 2. The molecule has 0 aliphatic carbocycles. The average Bonchev–Trinajstić information content (AvgIpc) is 1.58. The monoisotopic (exact) mass is 144 g/mol. The molecule has 6 heteroatoms. The van der Waals surface area contributed by atoms with Crippen LogP contribution in [0.3, 0.4) is 0 Å². The maximum absolute atomic E-state index is 5.05. The van der Waals surface area contributed by atoms with Gasteiger partial charge in [0.1, 0.15) is 6.17 Å². The number of rotatable bonds is 2. The number of aliphatic imine (C=N–C) groups is 2. The molecule has 0 aliphatic heterocycles. The molecule has 0 aromatic carbocycles. The smallest absolute Gasteiger partial charge is 0.188 e. The largest absolute Gasteiger partial charge is 0.370 e. The van der Waals surface area contributed by atoms with E-state index in [-0.39, 0.29) is 11.9 Å². The van der Waals surface area contributed by atoms with Gasteiger partial charge in [0.2, 0.25) is 0 Å². The molecule has 0 fully saturated rings. The van der Waals surface area contributed by atoms with Gasteiger partial charge in [-0.05, 0) is 6.92 Å². The molecule has 0 heterocycles. The van der Waals surface area contributed by atoms with Crippen LogP contribution in [0.2, 0.25) is 0 Å². The molecule has 0 aromatic heterocycles. The van der Waals surface area contributed by atoms with Crippen molar-refractivity contribution in [1.29, 1.82) is 0 Å². The van der Waals surface area contributed by atoms with Crippen LogP contribution in [0.15, 0.2) is 9.98 Å². The summed E-state index contributed by atoms with van der Waals surface area (Å²) in [7, 11) is 0. The van der Waals surface area contributed by atoms with Crippen molar-refractivity contribution >= 4 is 11.9 Å². The second-order valence-electron chi connectivity index (χ2n) is 1.74. The van der Waals surface area contributed by atoms with Gasteiger partial charge in [-0.2, -0.15) is 0 Å². The molecule has 0 saturated carbocycles. The predicted molar refractivity (Wildman–Crippen MR) is 41.1 cm³/mol. The summed E-state index contributed by atoms with van der Waals surface area (Å²) in [4.78, 5) is 7.28. The highest BCUT2D eigenvalue weighted by atomic mass is 15.1. The number of hydrogen-bond donors (Lipinski definition) is 4. The van der Waals surface area contributed by atoms with Gasteiger partial charge in [-0.15, -0.1) is 0 Å². The molecule has 0 spiro atoms. The Balaban J connectivity index is 3.99. The van der Waals surface area contributed by atoms with Crippen LogP contribution >= 0.6 is 0 Å². The Hall–Kier alpha value is -1.46. The summed E-state index contributed by atoms with van der Waals surface area (Å²) in [6, 6.07) is 0. The van der Waals surface area contributed by atoms with Crippen LogP contribution in [0.25, 0.3) is 0 Å². The number of guanidine groups is 2. The van der Waals surface area contributed by atoms with Gasteiger partial charge in [0.05, 0.1) is 0 Å². The van der Waals surface area contributed by atoms with E-state index in [1.807, 2.05) is 0 Å². The highest BCUT2D eigenvalue weighted by Gasteiger charge is 1.93. The summed E-state index contributed by atoms with van der Waals surface area (Å²) >= 11 is 0. The van der Waals surface area contributed by atoms with E-state index in [0.717, 1.165) is 0 Å². The zero-order chi connectivity index (χ0) is 8.15. The third kappa shape index (κ3) is 4.69. The fraction of sp³-hybridized carbons (Fsp3) is 0.500. The van der Waals surface area contributed by atoms with Gasteiger partial charge in [-0.25, -0.2) is 9.98 Å². The minimum absolute atomic E-state index is 0.0301. The molecule has 0 aromatic rings. The number of nitrogens with zero attached hydrogens (tertiary/aromatic N) is 2. The molecule has 0 bridgehead atoms. The minimum atomic E-state index is -0.407. The first kappa shape index (κ1) is 8.54. The summed E-state index contributed by atoms with van der Waals surface area (Å²) in [6.07, 6.45) is -0.407. The van der Waals surface area contributed by atoms with Crippen LogP contribution in [0, 0.1) is 0 Å². The third-order valence-electron chi connectivity index (χ3n) is 0.672. The molecular formula is C4H12N6. The topological polar surface area (TPSA) is 129 Å². The Morgan fingerprint density at radius 1 is 1.00 bits per heavy atom. The molecule has 0 saturated heterocycles. The Bertz CT molecular complexity index is 133. The van der Waals surface area contributed by atoms with Crippen LogP contribution < -0.4 is 22.9 Å². The summed E-state index contributed by atoms with van der Waals surface area (Å²) < 4.78 is 0. The molecule has 0 unspecified atom stereocenters. The molecule has 0 radical (unpaired) electrons. The predicted octanol–water partition coefficient (Wildman–Crippen LogP) is -2.12. The van der Waals surface area contributed by atoms with Gasteiger partial charge < -0.3 is 22.9 Å². The standard InChI is InChI=1S/C4H12N6/c1-2(9-3(5)6)10-4(7)8/h2H,1H3,(H4,5,6,9)(H4,7,8,10). The molecular weight excluding hydrogens is 132 g/mol. The Labute approximate surface area is 59.0 Å². The molecule has 0 amide bonds. The first-order valence-electron chi connectivity index (χ1n) is 2.70. The van der Waals surface area contributed by atoms with Crippen molar-refractivity contribution in [2.45, 2.75) is 13.1 Å². The Morgan fingerprint density at radius 2 is 1.30 bits per heavy atom. The lowest BCUT2D eigenvalue weighted by atomic mass is 10.6. The summed E-state index contributed by atoms with van der Waals surface area (Å²) in [5.74, 6) is -0.0602. The third-order valence-corrected chi connectivity index (χ3v) is 0.672. The van der Waals surface area contributed by atoms with Crippen molar-refractivity contribution in [2.75, 3.05) is 0 Å². The van der Waals surface area contributed by atoms with Crippen molar-refractivity contribution in [3.8, 4) is 0 Å². The average molecular weight is 144 g/mol. The maximum atomic E-state index is 5.05. The van der Waals surface area contributed by atoms with Gasteiger partial charge >= 0.3 is 0 Å². The Morgan fingerprint density at radius 3 is 1.50 bits per heavy atom. The van der Waals surface area contributed by atoms with E-state index < -0.39 is 6.17 Å². The van der Waals surface area contributed by atoms with Crippen molar-refractivity contribution in [2.24, 2.45) is 32.9 Å². The molecule has 10 heavy (non-hydrogen) atoms. The van der Waals surface area contributed by atoms with E-state index in [0.29, 0.717) is 0 Å². The minimum Gasteiger partial charge on any atom is -0.370 e. The quantitative estimate of drug-likeness (QED) is 0.261. The Kier molecular flexibility index (Phi) is 3.03. The van der Waals surface area contributed by atoms with E-state index in [1.165, 1.54) is 0 Å². The normalized spacial score (nSPS) is 9.00. The lowest BCUT2D eigenvalue weighted by molar-refractivity contribution is 0.787. The van der Waals surface area contributed by atoms with Gasteiger partial charge in [-0.3, -0.25) is 0 Å². The fourth-order valence-electron chi connectivity index (χ4n) is 0.460. The highest BCUT2D eigenvalue weighted by molar-refractivity contribution is 5.77. The van der Waals surface area contributed by atoms with Gasteiger partial charge in [0.25, 0.3) is 0 Å². The molecule has 0 aliphatic rings. The SMILES string of the molecule is CC(N=C(N)N)N=C(N)N. The van der Waals surface area contributed by atoms with Crippen molar-refractivity contribution in [1.82, 2.24) is 0 Å². The van der Waals surface area contributed by atoms with E-state index >= 15 is 0 Å². The second kappa shape index (κ2) is 3.54. The van der Waals surface area contributed by atoms with Crippen molar-refractivity contribution < 1.29 is 0 Å². The molecule has 0 atom stereocenters. The van der Waals surface area contributed by atoms with Gasteiger partial charge in [-0.1, -0.05) is 0 Å². The van der Waals surface area contributed by atoms with Crippen LogP contribution in [0.1, 0.15) is 6.92 Å². The lowest BCUT2D eigenvalue weighted by Gasteiger charge is -1.99. The molecule has 8 N–H and O–H groups in total. The van der Waals surface area contributed by atoms with Gasteiger partial charge in [0.15, 0.2) is 11.9 Å². The second-order valence-corrected chi connectivity index (χ2v) is 1.74. The van der Waals surface area contributed by atoms with Crippen LogP contribution in [0.4, 0.5) is 0 Å². The van der Waals surface area contributed by atoms with E-state index in [1.54, 1.807) is 6.92 Å². The number of nitrogens with two attached hydrogens (primary N) is 4. The van der Waals surface area contributed by atoms with Crippen molar-refractivity contribution in [3.05, 3.63) is 0 Å². The highest BCUT2D eigenvalue weighted by Crippen LogP contribution is 1.87. The summed E-state index contributed by atoms with van der Waals surface area (Å²) in [5.41, 5.74) is 20.2. The maximum Gasteiger partial charge on any atom is 0.188 e. The molecule has 58 valence electrons. The zero-order valence-electron chi connectivity index (χ0n) is 5.78. The molecule has 0 rings (SSSR count). The zero-order valence-corrected chi connectivity index (χ0v) is 5.78. The van der Waals surface area contributed by atoms with Crippen LogP contribution in [-0.4, -0.2) is 18.1 Å². The fourth-order valence-corrected chi connectivity index (χ4v) is 0.460. The molecule has 6 nitrogen and oxygen atoms in total. The van der Waals surface area contributed by atoms with E-state index in [4.69, 9.17) is 22.9 Å². The van der Waals surface area contributed by atoms with E-state index in [2.05, 4.69) is 9.98 Å². The van der Waals surface area contributed by atoms with Crippen LogP contribution in [0.5, 0.6) is 0 Å². The lowest BCUT2D eigenvalue weighted by Crippen LogP contribution is -2.27. The summed E-state index contributed by atoms with van der Waals surface area (Å²) in [5, 5.41) is 0. The van der Waals surface area contributed by atoms with E-state index in [9.17, 15) is 0 Å². The van der Waals surface area contributed by atoms with Crippen molar-refractivity contribution in [3.63, 3.8) is 0 Å². The first-order valence-corrected chi connectivity index (χ1v) is 2.70. The first-order chi connectivity index (χ1) is 4.52. The summed E-state index contributed by atoms with van der Waals surface area (Å²) in [6.45, 7) is 1.67. The van der Waals surface area contributed by atoms with Crippen LogP contribution in [-0.2, 0) is 0 Å².